The molecule has 6 nitrogen and oxygen atoms in total. The van der Waals surface area contributed by atoms with E-state index in [1.54, 1.807) is 11.0 Å². The Morgan fingerprint density at radius 2 is 2.17 bits per heavy atom. The fourth-order valence-electron chi connectivity index (χ4n) is 2.81. The number of carboxylic acid groups (broad SMARTS) is 1. The van der Waals surface area contributed by atoms with Gasteiger partial charge in [0.25, 0.3) is 5.91 Å². The van der Waals surface area contributed by atoms with Crippen LogP contribution < -0.4 is 9.47 Å². The van der Waals surface area contributed by atoms with E-state index in [0.717, 1.165) is 6.42 Å². The Morgan fingerprint density at radius 1 is 1.43 bits per heavy atom. The van der Waals surface area contributed by atoms with Crippen LogP contribution in [0.3, 0.4) is 0 Å². The number of carbonyl (C=O) groups excluding carboxylic acids is 1. The molecule has 1 aromatic rings. The first-order chi connectivity index (χ1) is 11.0. The van der Waals surface area contributed by atoms with Crippen molar-refractivity contribution >= 4 is 23.5 Å². The summed E-state index contributed by atoms with van der Waals surface area (Å²) < 4.78 is 10.7. The predicted octanol–water partition coefficient (Wildman–Crippen LogP) is 2.83. The second-order valence-electron chi connectivity index (χ2n) is 5.31. The van der Waals surface area contributed by atoms with Crippen molar-refractivity contribution in [2.24, 2.45) is 0 Å². The summed E-state index contributed by atoms with van der Waals surface area (Å²) >= 11 is 6.19. The van der Waals surface area contributed by atoms with Crippen LogP contribution in [0.4, 0.5) is 0 Å². The maximum atomic E-state index is 12.7. The normalized spacial score (nSPS) is 17.2. The minimum absolute atomic E-state index is 0.0480. The van der Waals surface area contributed by atoms with Crippen LogP contribution in [-0.4, -0.2) is 48.2 Å². The number of ether oxygens (including phenoxy) is 2. The van der Waals surface area contributed by atoms with Gasteiger partial charge in [-0.05, 0) is 31.9 Å². The molecule has 7 heteroatoms. The van der Waals surface area contributed by atoms with Crippen LogP contribution in [0, 0.1) is 0 Å². The first-order valence-corrected chi connectivity index (χ1v) is 7.88. The Bertz CT molecular complexity index is 604. The highest BCUT2D eigenvalue weighted by molar-refractivity contribution is 6.32. The van der Waals surface area contributed by atoms with Crippen molar-refractivity contribution in [1.29, 1.82) is 0 Å². The lowest BCUT2D eigenvalue weighted by atomic mass is 10.1. The number of likely N-dealkylation sites (tertiary alicyclic amines) is 1. The molecule has 1 aliphatic rings. The number of carbonyl (C=O) groups is 2. The largest absolute Gasteiger partial charge is 0.493 e. The second kappa shape index (κ2) is 7.55. The number of rotatable bonds is 6. The number of nitrogens with zero attached hydrogens (tertiary/aromatic N) is 1. The van der Waals surface area contributed by atoms with Crippen LogP contribution in [0.2, 0.25) is 5.02 Å². The minimum atomic E-state index is -0.906. The molecule has 1 unspecified atom stereocenters. The van der Waals surface area contributed by atoms with Crippen molar-refractivity contribution in [2.75, 3.05) is 20.3 Å². The molecular formula is C16H20ClNO5. The third kappa shape index (κ3) is 3.88. The van der Waals surface area contributed by atoms with Gasteiger partial charge in [0.05, 0.1) is 25.2 Å². The molecule has 0 radical (unpaired) electrons. The van der Waals surface area contributed by atoms with Gasteiger partial charge < -0.3 is 19.5 Å². The SMILES string of the molecule is CCOc1c(Cl)cc(C(=O)N2CCCC2CC(=O)O)cc1OC. The zero-order chi connectivity index (χ0) is 17.0. The summed E-state index contributed by atoms with van der Waals surface area (Å²) in [6, 6.07) is 2.83. The molecule has 23 heavy (non-hydrogen) atoms. The molecule has 1 aliphatic heterocycles. The molecule has 1 heterocycles. The van der Waals surface area contributed by atoms with Gasteiger partial charge in [-0.1, -0.05) is 11.6 Å². The molecule has 0 aromatic heterocycles. The van der Waals surface area contributed by atoms with Crippen LogP contribution in [-0.2, 0) is 4.79 Å². The van der Waals surface area contributed by atoms with Crippen molar-refractivity contribution in [3.05, 3.63) is 22.7 Å². The first-order valence-electron chi connectivity index (χ1n) is 7.51. The van der Waals surface area contributed by atoms with E-state index < -0.39 is 5.97 Å². The molecule has 1 amide bonds. The van der Waals surface area contributed by atoms with Gasteiger partial charge in [-0.25, -0.2) is 0 Å². The monoisotopic (exact) mass is 341 g/mol. The molecular weight excluding hydrogens is 322 g/mol. The van der Waals surface area contributed by atoms with Crippen LogP contribution in [0.5, 0.6) is 11.5 Å². The van der Waals surface area contributed by atoms with E-state index in [4.69, 9.17) is 26.2 Å². The van der Waals surface area contributed by atoms with Crippen molar-refractivity contribution in [3.8, 4) is 11.5 Å². The van der Waals surface area contributed by atoms with E-state index in [2.05, 4.69) is 0 Å². The maximum absolute atomic E-state index is 12.7. The molecule has 1 saturated heterocycles. The Balaban J connectivity index is 2.28. The zero-order valence-electron chi connectivity index (χ0n) is 13.2. The molecule has 1 aromatic carbocycles. The van der Waals surface area contributed by atoms with E-state index in [1.807, 2.05) is 6.92 Å². The Labute approximate surface area is 139 Å². The Kier molecular flexibility index (Phi) is 5.71. The number of aliphatic carboxylic acids is 1. The van der Waals surface area contributed by atoms with Crippen LogP contribution >= 0.6 is 11.6 Å². The minimum Gasteiger partial charge on any atom is -0.493 e. The third-order valence-electron chi connectivity index (χ3n) is 3.81. The number of hydrogen-bond donors (Lipinski definition) is 1. The molecule has 1 atom stereocenters. The standard InChI is InChI=1S/C16H20ClNO5/c1-3-23-15-12(17)7-10(8-13(15)22-2)16(21)18-6-4-5-11(18)9-14(19)20/h7-8,11H,3-6,9H2,1-2H3,(H,19,20). The van der Waals surface area contributed by atoms with Crippen molar-refractivity contribution < 1.29 is 24.2 Å². The van der Waals surface area contributed by atoms with Crippen molar-refractivity contribution in [2.45, 2.75) is 32.2 Å². The number of methoxy groups -OCH3 is 1. The van der Waals surface area contributed by atoms with Crippen molar-refractivity contribution in [1.82, 2.24) is 4.90 Å². The average Bonchev–Trinajstić information content (AvgIpc) is 2.95. The predicted molar refractivity (Wildman–Crippen MR) is 85.5 cm³/mol. The highest BCUT2D eigenvalue weighted by Gasteiger charge is 2.31. The van der Waals surface area contributed by atoms with E-state index >= 15 is 0 Å². The first kappa shape index (κ1) is 17.4. The summed E-state index contributed by atoms with van der Waals surface area (Å²) in [7, 11) is 1.48. The zero-order valence-corrected chi connectivity index (χ0v) is 13.9. The van der Waals surface area contributed by atoms with Gasteiger partial charge >= 0.3 is 5.97 Å². The van der Waals surface area contributed by atoms with Crippen LogP contribution in [0.25, 0.3) is 0 Å². The fraction of sp³-hybridized carbons (Fsp3) is 0.500. The summed E-state index contributed by atoms with van der Waals surface area (Å²) in [6.45, 7) is 2.80. The van der Waals surface area contributed by atoms with E-state index in [-0.39, 0.29) is 18.4 Å². The molecule has 2 rings (SSSR count). The Hall–Kier alpha value is -1.95. The number of hydrogen-bond acceptors (Lipinski definition) is 4. The van der Waals surface area contributed by atoms with E-state index in [1.165, 1.54) is 13.2 Å². The maximum Gasteiger partial charge on any atom is 0.305 e. The summed E-state index contributed by atoms with van der Waals surface area (Å²) in [5.41, 5.74) is 0.368. The van der Waals surface area contributed by atoms with Crippen LogP contribution in [0.15, 0.2) is 12.1 Å². The van der Waals surface area contributed by atoms with E-state index in [0.29, 0.717) is 41.7 Å². The molecule has 1 fully saturated rings. The number of benzene rings is 1. The third-order valence-corrected chi connectivity index (χ3v) is 4.09. The molecule has 126 valence electrons. The summed E-state index contributed by atoms with van der Waals surface area (Å²) in [5, 5.41) is 9.27. The van der Waals surface area contributed by atoms with Gasteiger partial charge in [0.15, 0.2) is 11.5 Å². The number of halogens is 1. The highest BCUT2D eigenvalue weighted by atomic mass is 35.5. The van der Waals surface area contributed by atoms with Gasteiger partial charge in [-0.3, -0.25) is 9.59 Å². The van der Waals surface area contributed by atoms with Crippen LogP contribution in [0.1, 0.15) is 36.5 Å². The molecule has 0 aliphatic carbocycles. The van der Waals surface area contributed by atoms with Gasteiger partial charge in [0, 0.05) is 18.2 Å². The quantitative estimate of drug-likeness (QED) is 0.861. The number of amides is 1. The lowest BCUT2D eigenvalue weighted by Crippen LogP contribution is -2.36. The van der Waals surface area contributed by atoms with Gasteiger partial charge in [0.2, 0.25) is 0 Å². The van der Waals surface area contributed by atoms with Gasteiger partial charge in [-0.15, -0.1) is 0 Å². The lowest BCUT2D eigenvalue weighted by Gasteiger charge is -2.24. The summed E-state index contributed by atoms with van der Waals surface area (Å²) in [6.07, 6.45) is 1.44. The van der Waals surface area contributed by atoms with Crippen molar-refractivity contribution in [3.63, 3.8) is 0 Å². The molecule has 0 bridgehead atoms. The molecule has 1 N–H and O–H groups in total. The smallest absolute Gasteiger partial charge is 0.305 e. The second-order valence-corrected chi connectivity index (χ2v) is 5.72. The number of carboxylic acids is 1. The molecule has 0 spiro atoms. The highest BCUT2D eigenvalue weighted by Crippen LogP contribution is 2.37. The lowest BCUT2D eigenvalue weighted by molar-refractivity contribution is -0.137. The van der Waals surface area contributed by atoms with E-state index in [9.17, 15) is 9.59 Å². The fourth-order valence-corrected chi connectivity index (χ4v) is 3.08. The average molecular weight is 342 g/mol. The van der Waals surface area contributed by atoms with Gasteiger partial charge in [0.1, 0.15) is 0 Å². The van der Waals surface area contributed by atoms with Gasteiger partial charge in [-0.2, -0.15) is 0 Å². The Morgan fingerprint density at radius 3 is 2.78 bits per heavy atom. The molecule has 0 saturated carbocycles. The summed E-state index contributed by atoms with van der Waals surface area (Å²) in [4.78, 5) is 25.2. The topological polar surface area (TPSA) is 76.1 Å². The summed E-state index contributed by atoms with van der Waals surface area (Å²) in [5.74, 6) is -0.359.